The van der Waals surface area contributed by atoms with Crippen molar-refractivity contribution in [3.8, 4) is 24.3 Å². The van der Waals surface area contributed by atoms with Crippen LogP contribution in [0.1, 0.15) is 202 Å². The standard InChI is InChI=1S/C9H13NO.C8H15N.C8H12O.C8H14.2C7H12.2C3H5NO.2C2H6O.2C2H6/c11-6-10-5-9-4-7-1-2-8(9)3-7;2*9-5-8-4-6-1-2-7(8)3-6;1-6-4-7-2-3-8(6)5-7;2*1-2-7-4-3-6(1)5-7;2*1-5-3-2-4;2*1-3-2;2*1-2/h7-9H,1-5H2;6-8H,1-5,9H2;5-8H,1-4H2;6-8H,2-5H2,1H3;2*6-7H,1-5H2;2*4H2,1H3;2*1-2H3;2*1-2H3. The lowest BCUT2D eigenvalue weighted by molar-refractivity contribution is -0.112. The molecule has 10 heteroatoms. The minimum atomic E-state index is 0.448. The lowest BCUT2D eigenvalue weighted by Gasteiger charge is -2.18. The number of carbonyl (C=O) groups is 1. The van der Waals surface area contributed by atoms with E-state index in [1.165, 1.54) is 121 Å². The highest BCUT2D eigenvalue weighted by Gasteiger charge is 2.41. The molecule has 10 nitrogen and oxygen atoms in total. The van der Waals surface area contributed by atoms with E-state index in [2.05, 4.69) is 54.5 Å². The Balaban J connectivity index is 0.000000399. The molecule has 6 N–H and O–H groups in total. The van der Waals surface area contributed by atoms with E-state index >= 15 is 0 Å². The zero-order chi connectivity index (χ0) is 52.8. The van der Waals surface area contributed by atoms with Crippen LogP contribution in [-0.2, 0) is 28.5 Å². The van der Waals surface area contributed by atoms with E-state index in [0.717, 1.165) is 78.2 Å². The number of nitrogens with zero attached hydrogens (tertiary/aromatic N) is 1. The highest BCUT2D eigenvalue weighted by Crippen LogP contribution is 2.50. The van der Waals surface area contributed by atoms with Crippen molar-refractivity contribution in [2.75, 3.05) is 55.7 Å². The van der Waals surface area contributed by atoms with Gasteiger partial charge >= 0.3 is 0 Å². The summed E-state index contributed by atoms with van der Waals surface area (Å²) in [6.45, 7) is 12.1. The average Bonchev–Trinajstić information content (AvgIpc) is 4.26. The first-order chi connectivity index (χ1) is 34.6. The molecule has 12 saturated carbocycles. The third kappa shape index (κ3) is 25.8. The molecule has 412 valence electrons. The van der Waals surface area contributed by atoms with Gasteiger partial charge in [0.2, 0.25) is 6.08 Å². The van der Waals surface area contributed by atoms with Crippen LogP contribution in [0.2, 0.25) is 0 Å². The second-order valence-corrected chi connectivity index (χ2v) is 22.6. The van der Waals surface area contributed by atoms with Gasteiger partial charge in [0.05, 0.1) is 20.8 Å². The predicted molar refractivity (Wildman–Crippen MR) is 296 cm³/mol. The van der Waals surface area contributed by atoms with Crippen LogP contribution < -0.4 is 17.2 Å². The molecule has 12 atom stereocenters. The van der Waals surface area contributed by atoms with Crippen LogP contribution in [0.25, 0.3) is 0 Å². The normalized spacial score (nSPS) is 35.2. The average molecular weight is 998 g/mol. The second-order valence-electron chi connectivity index (χ2n) is 22.6. The monoisotopic (exact) mass is 997 g/mol. The predicted octanol–water partition coefficient (Wildman–Crippen LogP) is 13.2. The first kappa shape index (κ1) is 66.3. The van der Waals surface area contributed by atoms with Crippen molar-refractivity contribution in [1.29, 1.82) is 0 Å². The number of hydrogen-bond acceptors (Lipinski definition) is 10. The van der Waals surface area contributed by atoms with Gasteiger partial charge in [0.25, 0.3) is 0 Å². The summed E-state index contributed by atoms with van der Waals surface area (Å²) in [5.74, 6) is 15.8. The van der Waals surface area contributed by atoms with Crippen molar-refractivity contribution >= 4 is 12.4 Å². The minimum absolute atomic E-state index is 0.448. The maximum atomic E-state index is 10.4. The van der Waals surface area contributed by atoms with E-state index in [1.807, 2.05) is 39.8 Å². The molecule has 12 aliphatic carbocycles. The Hall–Kier alpha value is -2.75. The molecule has 0 aromatic carbocycles. The van der Waals surface area contributed by atoms with Crippen molar-refractivity contribution in [3.05, 3.63) is 0 Å². The van der Waals surface area contributed by atoms with Crippen molar-refractivity contribution < 1.29 is 28.5 Å². The lowest BCUT2D eigenvalue weighted by atomic mass is 9.89. The van der Waals surface area contributed by atoms with E-state index in [9.17, 15) is 9.59 Å². The molecule has 0 aliphatic heterocycles. The number of aldehydes is 1. The molecule has 12 unspecified atom stereocenters. The van der Waals surface area contributed by atoms with Gasteiger partial charge in [-0.2, -0.15) is 0 Å². The Labute approximate surface area is 437 Å². The number of carbonyl (C=O) groups excluding carboxylic acids is 2. The Bertz CT molecular complexity index is 1400. The number of methoxy groups -OCH3 is 4. The topological polar surface area (TPSA) is 161 Å². The van der Waals surface area contributed by atoms with Gasteiger partial charge in [0, 0.05) is 46.4 Å². The smallest absolute Gasteiger partial charge is 0.234 e. The lowest BCUT2D eigenvalue weighted by Crippen LogP contribution is -2.19. The van der Waals surface area contributed by atoms with Crippen LogP contribution in [-0.4, -0.2) is 68.1 Å². The van der Waals surface area contributed by atoms with E-state index in [-0.39, 0.29) is 0 Å². The summed E-state index contributed by atoms with van der Waals surface area (Å²) in [4.78, 5) is 23.9. The summed E-state index contributed by atoms with van der Waals surface area (Å²) < 4.78 is 16.9. The van der Waals surface area contributed by atoms with Crippen LogP contribution in [0.15, 0.2) is 4.99 Å². The van der Waals surface area contributed by atoms with Gasteiger partial charge in [-0.3, -0.25) is 0 Å². The Kier molecular flexibility index (Phi) is 38.8. The second kappa shape index (κ2) is 41.6. The van der Waals surface area contributed by atoms with Gasteiger partial charge in [0.15, 0.2) is 0 Å². The molecular formula is C61H112N4O6. The molecule has 0 heterocycles. The van der Waals surface area contributed by atoms with E-state index in [0.29, 0.717) is 5.92 Å². The van der Waals surface area contributed by atoms with Crippen LogP contribution in [0, 0.1) is 119 Å². The number of fused-ring (bicyclic) bond motifs is 12. The Morgan fingerprint density at radius 2 is 0.803 bits per heavy atom. The molecule has 12 rings (SSSR count). The quantitative estimate of drug-likeness (QED) is 0.0818. The number of nitrogens with two attached hydrogens (primary N) is 3. The summed E-state index contributed by atoms with van der Waals surface area (Å²) >= 11 is 0. The summed E-state index contributed by atoms with van der Waals surface area (Å²) in [6.07, 6.45) is 45.7. The fourth-order valence-corrected chi connectivity index (χ4v) is 14.9. The largest absolute Gasteiger partial charge is 0.449 e. The molecule has 0 spiro atoms. The van der Waals surface area contributed by atoms with Crippen LogP contribution in [0.5, 0.6) is 0 Å². The summed E-state index contributed by atoms with van der Waals surface area (Å²) in [7, 11) is 9.42. The van der Waals surface area contributed by atoms with Crippen LogP contribution in [0.4, 0.5) is 0 Å². The van der Waals surface area contributed by atoms with Crippen molar-refractivity contribution in [2.45, 2.75) is 202 Å². The van der Waals surface area contributed by atoms with Gasteiger partial charge in [-0.05, 0) is 185 Å². The molecule has 0 aromatic heterocycles. The zero-order valence-corrected chi connectivity index (χ0v) is 47.7. The van der Waals surface area contributed by atoms with Gasteiger partial charge in [-0.1, -0.05) is 112 Å². The Morgan fingerprint density at radius 3 is 0.958 bits per heavy atom. The highest BCUT2D eigenvalue weighted by molar-refractivity contribution is 5.55. The van der Waals surface area contributed by atoms with Crippen molar-refractivity contribution in [1.82, 2.24) is 0 Å². The molecule has 71 heavy (non-hydrogen) atoms. The molecule has 0 aromatic rings. The maximum Gasteiger partial charge on any atom is 0.234 e. The maximum absolute atomic E-state index is 10.4. The molecule has 12 bridgehead atoms. The Morgan fingerprint density at radius 1 is 0.465 bits per heavy atom. The van der Waals surface area contributed by atoms with Crippen molar-refractivity contribution in [2.24, 2.45) is 117 Å². The molecule has 12 fully saturated rings. The first-order valence-corrected chi connectivity index (χ1v) is 29.1. The number of hydrogen-bond donors (Lipinski definition) is 3. The van der Waals surface area contributed by atoms with E-state index in [1.54, 1.807) is 124 Å². The third-order valence-electron chi connectivity index (χ3n) is 18.1. The molecule has 0 radical (unpaired) electrons. The van der Waals surface area contributed by atoms with E-state index in [4.69, 9.17) is 5.73 Å². The van der Waals surface area contributed by atoms with Crippen molar-refractivity contribution in [3.63, 3.8) is 0 Å². The van der Waals surface area contributed by atoms with Crippen LogP contribution in [0.3, 0.4) is 0 Å². The van der Waals surface area contributed by atoms with Gasteiger partial charge in [0.1, 0.15) is 18.5 Å². The SMILES string of the molecule is C1CC2CCC1C2.C1CC2CCC1C2.CC.CC.CC1CC2CCC1C2.COC.COC.COC#CN.COC#CN.NCC1CC2CCC1C2.O=C=NCC1CC2CCC1C2.O=CC1CC2CCC1C2. The zero-order valence-electron chi connectivity index (χ0n) is 47.7. The minimum Gasteiger partial charge on any atom is -0.449 e. The number of isocyanates is 1. The van der Waals surface area contributed by atoms with Gasteiger partial charge in [-0.15, -0.1) is 0 Å². The number of aliphatic imine (C=N–C) groups is 1. The third-order valence-corrected chi connectivity index (χ3v) is 18.1. The highest BCUT2D eigenvalue weighted by atomic mass is 16.5. The summed E-state index contributed by atoms with van der Waals surface area (Å²) in [5, 5.41) is 0. The number of rotatable bonds is 4. The molecule has 12 aliphatic rings. The fraction of sp³-hybridized carbons (Fsp3) is 0.902. The summed E-state index contributed by atoms with van der Waals surface area (Å²) in [5.41, 5.74) is 14.9. The van der Waals surface area contributed by atoms with Crippen LogP contribution >= 0.6 is 0 Å². The van der Waals surface area contributed by atoms with Gasteiger partial charge in [-0.25, -0.2) is 9.79 Å². The van der Waals surface area contributed by atoms with Gasteiger partial charge < -0.3 is 40.9 Å². The molecule has 0 amide bonds. The molecular weight excluding hydrogens is 885 g/mol. The number of ether oxygens (including phenoxy) is 4. The fourth-order valence-electron chi connectivity index (χ4n) is 14.9. The first-order valence-electron chi connectivity index (χ1n) is 29.1. The molecule has 0 saturated heterocycles. The van der Waals surface area contributed by atoms with E-state index < -0.39 is 0 Å². The summed E-state index contributed by atoms with van der Waals surface area (Å²) in [6, 6.07) is 4.09.